The summed E-state index contributed by atoms with van der Waals surface area (Å²) in [5.41, 5.74) is 6.32. The Hall–Kier alpha value is -2.00. The molecule has 2 rings (SSSR count). The van der Waals surface area contributed by atoms with E-state index in [1.807, 2.05) is 0 Å². The van der Waals surface area contributed by atoms with E-state index in [0.29, 0.717) is 0 Å². The normalized spacial score (nSPS) is 10.2. The highest BCUT2D eigenvalue weighted by molar-refractivity contribution is 5.70. The van der Waals surface area contributed by atoms with Crippen LogP contribution >= 0.6 is 0 Å². The van der Waals surface area contributed by atoms with Crippen LogP contribution in [0.1, 0.15) is 42.9 Å². The van der Waals surface area contributed by atoms with Crippen LogP contribution in [0.2, 0.25) is 0 Å². The van der Waals surface area contributed by atoms with E-state index in [9.17, 15) is 0 Å². The summed E-state index contributed by atoms with van der Waals surface area (Å²) in [6.07, 6.45) is 10.5. The largest absolute Gasteiger partial charge is 0.115 e. The molecule has 0 bridgehead atoms. The van der Waals surface area contributed by atoms with Crippen LogP contribution < -0.4 is 0 Å². The lowest BCUT2D eigenvalue weighted by atomic mass is 9.90. The van der Waals surface area contributed by atoms with Gasteiger partial charge in [0.15, 0.2) is 0 Å². The van der Waals surface area contributed by atoms with Crippen LogP contribution in [0.25, 0.3) is 11.1 Å². The SMILES string of the molecule is C#Cc1ccc(-c2ccccc2)c(CCCCC)c1C. The van der Waals surface area contributed by atoms with Crippen LogP contribution in [0.4, 0.5) is 0 Å². The quantitative estimate of drug-likeness (QED) is 0.501. The maximum Gasteiger partial charge on any atom is 0.0274 e. The van der Waals surface area contributed by atoms with Gasteiger partial charge in [-0.15, -0.1) is 6.42 Å². The van der Waals surface area contributed by atoms with Crippen LogP contribution in [0, 0.1) is 19.3 Å². The van der Waals surface area contributed by atoms with Gasteiger partial charge in [0, 0.05) is 5.56 Å². The minimum absolute atomic E-state index is 1.02. The van der Waals surface area contributed by atoms with Gasteiger partial charge >= 0.3 is 0 Å². The highest BCUT2D eigenvalue weighted by atomic mass is 14.1. The van der Waals surface area contributed by atoms with Gasteiger partial charge in [0.25, 0.3) is 0 Å². The molecule has 0 saturated heterocycles. The predicted molar refractivity (Wildman–Crippen MR) is 87.8 cm³/mol. The number of hydrogen-bond donors (Lipinski definition) is 0. The van der Waals surface area contributed by atoms with Crippen molar-refractivity contribution in [1.82, 2.24) is 0 Å². The van der Waals surface area contributed by atoms with Crippen LogP contribution in [0.15, 0.2) is 42.5 Å². The summed E-state index contributed by atoms with van der Waals surface area (Å²) in [5.74, 6) is 2.80. The van der Waals surface area contributed by atoms with E-state index >= 15 is 0 Å². The van der Waals surface area contributed by atoms with Gasteiger partial charge in [-0.1, -0.05) is 62.1 Å². The van der Waals surface area contributed by atoms with Crippen molar-refractivity contribution in [3.05, 3.63) is 59.2 Å². The molecule has 0 atom stereocenters. The summed E-state index contributed by atoms with van der Waals surface area (Å²) in [4.78, 5) is 0. The maximum absolute atomic E-state index is 5.61. The zero-order valence-corrected chi connectivity index (χ0v) is 12.4. The number of unbranched alkanes of at least 4 members (excludes halogenated alkanes) is 2. The lowest BCUT2D eigenvalue weighted by Gasteiger charge is -2.15. The highest BCUT2D eigenvalue weighted by Crippen LogP contribution is 2.29. The number of benzene rings is 2. The van der Waals surface area contributed by atoms with E-state index in [0.717, 1.165) is 12.0 Å². The smallest absolute Gasteiger partial charge is 0.0274 e. The highest BCUT2D eigenvalue weighted by Gasteiger charge is 2.10. The van der Waals surface area contributed by atoms with Gasteiger partial charge < -0.3 is 0 Å². The first-order chi connectivity index (χ1) is 9.77. The molecule has 0 N–H and O–H groups in total. The summed E-state index contributed by atoms with van der Waals surface area (Å²) in [7, 11) is 0. The van der Waals surface area contributed by atoms with E-state index in [1.54, 1.807) is 0 Å². The average molecular weight is 262 g/mol. The Bertz CT molecular complexity index is 600. The number of rotatable bonds is 5. The zero-order chi connectivity index (χ0) is 14.4. The standard InChI is InChI=1S/C20H22/c1-4-6-8-13-19-16(3)17(5-2)14-15-20(19)18-11-9-7-10-12-18/h2,7,9-12,14-15H,4,6,8,13H2,1,3H3. The molecule has 0 heteroatoms. The van der Waals surface area contributed by atoms with Gasteiger partial charge in [-0.05, 0) is 48.1 Å². The van der Waals surface area contributed by atoms with Gasteiger partial charge in [-0.3, -0.25) is 0 Å². The lowest BCUT2D eigenvalue weighted by Crippen LogP contribution is -1.97. The summed E-state index contributed by atoms with van der Waals surface area (Å²) >= 11 is 0. The molecule has 0 aliphatic carbocycles. The Kier molecular flexibility index (Phi) is 5.02. The topological polar surface area (TPSA) is 0 Å². The minimum Gasteiger partial charge on any atom is -0.115 e. The summed E-state index contributed by atoms with van der Waals surface area (Å²) in [6, 6.07) is 14.8. The Balaban J connectivity index is 2.46. The van der Waals surface area contributed by atoms with Crippen molar-refractivity contribution in [2.24, 2.45) is 0 Å². The van der Waals surface area contributed by atoms with Gasteiger partial charge in [0.1, 0.15) is 0 Å². The average Bonchev–Trinajstić information content (AvgIpc) is 2.50. The molecule has 102 valence electrons. The molecule has 2 aromatic carbocycles. The molecule has 0 nitrogen and oxygen atoms in total. The van der Waals surface area contributed by atoms with Crippen LogP contribution in [0.3, 0.4) is 0 Å². The fourth-order valence-electron chi connectivity index (χ4n) is 2.68. The molecule has 0 heterocycles. The van der Waals surface area contributed by atoms with Crippen LogP contribution in [0.5, 0.6) is 0 Å². The maximum atomic E-state index is 5.61. The van der Waals surface area contributed by atoms with Gasteiger partial charge in [-0.2, -0.15) is 0 Å². The number of terminal acetylenes is 1. The lowest BCUT2D eigenvalue weighted by molar-refractivity contribution is 0.716. The van der Waals surface area contributed by atoms with E-state index in [2.05, 4.69) is 62.2 Å². The monoisotopic (exact) mass is 262 g/mol. The third-order valence-corrected chi connectivity index (χ3v) is 3.87. The molecule has 0 fully saturated rings. The summed E-state index contributed by atoms with van der Waals surface area (Å²) in [6.45, 7) is 4.39. The predicted octanol–water partition coefficient (Wildman–Crippen LogP) is 5.38. The summed E-state index contributed by atoms with van der Waals surface area (Å²) in [5, 5.41) is 0. The van der Waals surface area contributed by atoms with Crippen molar-refractivity contribution < 1.29 is 0 Å². The van der Waals surface area contributed by atoms with Gasteiger partial charge in [-0.25, -0.2) is 0 Å². The van der Waals surface area contributed by atoms with Gasteiger partial charge in [0.2, 0.25) is 0 Å². The molecule has 0 amide bonds. The molecule has 2 aromatic rings. The second-order valence-corrected chi connectivity index (χ2v) is 5.23. The molecular weight excluding hydrogens is 240 g/mol. The Morgan fingerprint density at radius 1 is 1.00 bits per heavy atom. The first-order valence-corrected chi connectivity index (χ1v) is 7.42. The Morgan fingerprint density at radius 2 is 1.75 bits per heavy atom. The van der Waals surface area contributed by atoms with Crippen LogP contribution in [-0.4, -0.2) is 0 Å². The molecule has 0 aromatic heterocycles. The fourth-order valence-corrected chi connectivity index (χ4v) is 2.68. The molecule has 0 radical (unpaired) electrons. The van der Waals surface area contributed by atoms with Crippen molar-refractivity contribution in [1.29, 1.82) is 0 Å². The molecule has 20 heavy (non-hydrogen) atoms. The van der Waals surface area contributed by atoms with Gasteiger partial charge in [0.05, 0.1) is 0 Å². The van der Waals surface area contributed by atoms with Crippen molar-refractivity contribution >= 4 is 0 Å². The fraction of sp³-hybridized carbons (Fsp3) is 0.300. The number of hydrogen-bond acceptors (Lipinski definition) is 0. The molecule has 0 spiro atoms. The minimum atomic E-state index is 1.02. The second-order valence-electron chi connectivity index (χ2n) is 5.23. The second kappa shape index (κ2) is 6.96. The summed E-state index contributed by atoms with van der Waals surface area (Å²) < 4.78 is 0. The molecule has 0 aliphatic rings. The molecule has 0 saturated carbocycles. The molecule has 0 unspecified atom stereocenters. The first kappa shape index (κ1) is 14.4. The van der Waals surface area contributed by atoms with Crippen LogP contribution in [-0.2, 0) is 6.42 Å². The van der Waals surface area contributed by atoms with E-state index < -0.39 is 0 Å². The molecule has 0 aliphatic heterocycles. The Morgan fingerprint density at radius 3 is 2.40 bits per heavy atom. The van der Waals surface area contributed by atoms with Crippen molar-refractivity contribution in [3.63, 3.8) is 0 Å². The van der Waals surface area contributed by atoms with E-state index in [4.69, 9.17) is 6.42 Å². The first-order valence-electron chi connectivity index (χ1n) is 7.42. The third kappa shape index (κ3) is 3.11. The van der Waals surface area contributed by atoms with Crippen molar-refractivity contribution in [2.75, 3.05) is 0 Å². The Labute approximate surface area is 122 Å². The van der Waals surface area contributed by atoms with Crippen molar-refractivity contribution in [2.45, 2.75) is 39.5 Å². The van der Waals surface area contributed by atoms with Crippen molar-refractivity contribution in [3.8, 4) is 23.5 Å². The molecular formula is C20H22. The third-order valence-electron chi connectivity index (χ3n) is 3.87. The van der Waals surface area contributed by atoms with E-state index in [-0.39, 0.29) is 0 Å². The zero-order valence-electron chi connectivity index (χ0n) is 12.4. The van der Waals surface area contributed by atoms with E-state index in [1.165, 1.54) is 41.5 Å².